The Morgan fingerprint density at radius 2 is 2.13 bits per heavy atom. The van der Waals surface area contributed by atoms with Crippen molar-refractivity contribution >= 4 is 0 Å². The zero-order valence-electron chi connectivity index (χ0n) is 8.45. The molecule has 0 saturated heterocycles. The van der Waals surface area contributed by atoms with Crippen molar-refractivity contribution in [1.82, 2.24) is 0 Å². The summed E-state index contributed by atoms with van der Waals surface area (Å²) in [5, 5.41) is 13.3. The highest BCUT2D eigenvalue weighted by molar-refractivity contribution is 5.20. The van der Waals surface area contributed by atoms with Crippen LogP contribution in [-0.4, -0.2) is 24.9 Å². The van der Waals surface area contributed by atoms with Gasteiger partial charge < -0.3 is 9.84 Å². The van der Waals surface area contributed by atoms with Crippen LogP contribution in [0.3, 0.4) is 0 Å². The molecule has 1 N–H and O–H groups in total. The highest BCUT2D eigenvalue weighted by atomic mass is 16.5. The second kappa shape index (κ2) is 6.03. The fourth-order valence-corrected chi connectivity index (χ4v) is 1.33. The molecule has 5 nitrogen and oxygen atoms in total. The average molecular weight is 207 g/mol. The second-order valence-corrected chi connectivity index (χ2v) is 3.08. The van der Waals surface area contributed by atoms with Crippen LogP contribution in [0.15, 0.2) is 35.4 Å². The zero-order valence-corrected chi connectivity index (χ0v) is 8.45. The lowest BCUT2D eigenvalue weighted by molar-refractivity contribution is 0.0478. The Morgan fingerprint density at radius 1 is 1.47 bits per heavy atom. The normalized spacial score (nSPS) is 14.0. The molecule has 15 heavy (non-hydrogen) atoms. The van der Waals surface area contributed by atoms with Crippen LogP contribution in [0.4, 0.5) is 0 Å². The van der Waals surface area contributed by atoms with Gasteiger partial charge in [0.1, 0.15) is 0 Å². The van der Waals surface area contributed by atoms with E-state index in [0.29, 0.717) is 0 Å². The molecule has 0 aliphatic carbocycles. The summed E-state index contributed by atoms with van der Waals surface area (Å²) < 4.78 is 4.82. The summed E-state index contributed by atoms with van der Waals surface area (Å²) in [4.78, 5) is 2.73. The van der Waals surface area contributed by atoms with Crippen LogP contribution in [0.2, 0.25) is 0 Å². The minimum atomic E-state index is -0.826. The molecule has 1 rings (SSSR count). The van der Waals surface area contributed by atoms with Crippen molar-refractivity contribution < 1.29 is 9.84 Å². The van der Waals surface area contributed by atoms with Crippen LogP contribution in [0, 0.1) is 0 Å². The molecule has 0 radical (unpaired) electrons. The van der Waals surface area contributed by atoms with Crippen molar-refractivity contribution in [2.75, 3.05) is 13.7 Å². The SMILES string of the molecule is COC[C@H](O)[C@H](N=[N+]=[N-])c1ccccc1. The third-order valence-corrected chi connectivity index (χ3v) is 2.02. The lowest BCUT2D eigenvalue weighted by Gasteiger charge is -2.17. The summed E-state index contributed by atoms with van der Waals surface area (Å²) in [6.45, 7) is 0.137. The van der Waals surface area contributed by atoms with Crippen molar-refractivity contribution in [3.8, 4) is 0 Å². The molecule has 0 fully saturated rings. The maximum atomic E-state index is 9.70. The quantitative estimate of drug-likeness (QED) is 0.455. The summed E-state index contributed by atoms with van der Waals surface area (Å²) in [6, 6.07) is 8.52. The molecule has 0 aliphatic heterocycles. The van der Waals surface area contributed by atoms with Gasteiger partial charge in [-0.3, -0.25) is 0 Å². The van der Waals surface area contributed by atoms with Crippen molar-refractivity contribution in [3.63, 3.8) is 0 Å². The van der Waals surface area contributed by atoms with Crippen LogP contribution in [-0.2, 0) is 4.74 Å². The summed E-state index contributed by atoms with van der Waals surface area (Å²) >= 11 is 0. The van der Waals surface area contributed by atoms with E-state index in [1.54, 1.807) is 12.1 Å². The standard InChI is InChI=1S/C10H13N3O2/c1-15-7-9(14)10(12-13-11)8-5-3-2-4-6-8/h2-6,9-10,14H,7H2,1H3/t9-,10+/m0/s1. The molecule has 1 aromatic carbocycles. The summed E-state index contributed by atoms with van der Waals surface area (Å²) in [7, 11) is 1.49. The van der Waals surface area contributed by atoms with Crippen molar-refractivity contribution in [3.05, 3.63) is 46.3 Å². The highest BCUT2D eigenvalue weighted by Gasteiger charge is 2.19. The number of rotatable bonds is 5. The lowest BCUT2D eigenvalue weighted by atomic mass is 10.0. The van der Waals surface area contributed by atoms with Crippen LogP contribution < -0.4 is 0 Å². The summed E-state index contributed by atoms with van der Waals surface area (Å²) in [5.41, 5.74) is 9.20. The van der Waals surface area contributed by atoms with Gasteiger partial charge in [0, 0.05) is 12.0 Å². The Hall–Kier alpha value is -1.55. The fraction of sp³-hybridized carbons (Fsp3) is 0.400. The van der Waals surface area contributed by atoms with Gasteiger partial charge in [-0.2, -0.15) is 0 Å². The van der Waals surface area contributed by atoms with Crippen LogP contribution in [0.5, 0.6) is 0 Å². The first-order chi connectivity index (χ1) is 7.29. The average Bonchev–Trinajstić information content (AvgIpc) is 2.27. The molecule has 0 bridgehead atoms. The van der Waals surface area contributed by atoms with Gasteiger partial charge in [0.25, 0.3) is 0 Å². The van der Waals surface area contributed by atoms with Crippen molar-refractivity contribution in [2.24, 2.45) is 5.11 Å². The Kier molecular flexibility index (Phi) is 4.63. The maximum Gasteiger partial charge on any atom is 0.0907 e. The van der Waals surface area contributed by atoms with E-state index in [1.807, 2.05) is 18.2 Å². The number of aliphatic hydroxyl groups is 1. The molecule has 0 aromatic heterocycles. The predicted octanol–water partition coefficient (Wildman–Crippen LogP) is 2.05. The summed E-state index contributed by atoms with van der Waals surface area (Å²) in [5.74, 6) is 0. The molecule has 0 heterocycles. The lowest BCUT2D eigenvalue weighted by Crippen LogP contribution is -2.21. The highest BCUT2D eigenvalue weighted by Crippen LogP contribution is 2.21. The van der Waals surface area contributed by atoms with E-state index in [4.69, 9.17) is 10.3 Å². The molecule has 0 amide bonds. The molecular weight excluding hydrogens is 194 g/mol. The smallest absolute Gasteiger partial charge is 0.0907 e. The van der Waals surface area contributed by atoms with Crippen LogP contribution >= 0.6 is 0 Å². The third-order valence-electron chi connectivity index (χ3n) is 2.02. The Labute approximate surface area is 87.9 Å². The van der Waals surface area contributed by atoms with Gasteiger partial charge in [-0.1, -0.05) is 35.4 Å². The molecular formula is C10H13N3O2. The van der Waals surface area contributed by atoms with E-state index in [1.165, 1.54) is 7.11 Å². The Bertz CT molecular complexity index is 336. The van der Waals surface area contributed by atoms with Crippen LogP contribution in [0.25, 0.3) is 10.4 Å². The molecule has 0 saturated carbocycles. The molecule has 1 aromatic rings. The van der Waals surface area contributed by atoms with E-state index in [0.717, 1.165) is 5.56 Å². The summed E-state index contributed by atoms with van der Waals surface area (Å²) in [6.07, 6.45) is -0.826. The number of benzene rings is 1. The zero-order chi connectivity index (χ0) is 11.1. The minimum absolute atomic E-state index is 0.137. The Morgan fingerprint density at radius 3 is 2.67 bits per heavy atom. The van der Waals surface area contributed by atoms with Gasteiger partial charge in [0.15, 0.2) is 0 Å². The maximum absolute atomic E-state index is 9.70. The predicted molar refractivity (Wildman–Crippen MR) is 56.2 cm³/mol. The van der Waals surface area contributed by atoms with Gasteiger partial charge in [0.2, 0.25) is 0 Å². The first kappa shape index (κ1) is 11.5. The number of nitrogens with zero attached hydrogens (tertiary/aromatic N) is 3. The van der Waals surface area contributed by atoms with E-state index >= 15 is 0 Å². The number of azide groups is 1. The number of ether oxygens (including phenoxy) is 1. The van der Waals surface area contributed by atoms with Gasteiger partial charge in [-0.25, -0.2) is 0 Å². The molecule has 2 atom stereocenters. The molecule has 0 unspecified atom stereocenters. The topological polar surface area (TPSA) is 78.2 Å². The Balaban J connectivity index is 2.87. The minimum Gasteiger partial charge on any atom is -0.390 e. The van der Waals surface area contributed by atoms with Gasteiger partial charge >= 0.3 is 0 Å². The number of aliphatic hydroxyl groups excluding tert-OH is 1. The van der Waals surface area contributed by atoms with Gasteiger partial charge in [-0.15, -0.1) is 0 Å². The molecule has 5 heteroatoms. The van der Waals surface area contributed by atoms with E-state index in [2.05, 4.69) is 10.0 Å². The van der Waals surface area contributed by atoms with E-state index < -0.39 is 12.1 Å². The first-order valence-corrected chi connectivity index (χ1v) is 4.55. The van der Waals surface area contributed by atoms with Crippen LogP contribution in [0.1, 0.15) is 11.6 Å². The fourth-order valence-electron chi connectivity index (χ4n) is 1.33. The van der Waals surface area contributed by atoms with Crippen molar-refractivity contribution in [2.45, 2.75) is 12.1 Å². The number of hydrogen-bond donors (Lipinski definition) is 1. The van der Waals surface area contributed by atoms with Gasteiger partial charge in [0.05, 0.1) is 18.8 Å². The van der Waals surface area contributed by atoms with Gasteiger partial charge in [-0.05, 0) is 11.1 Å². The number of methoxy groups -OCH3 is 1. The molecule has 0 aliphatic rings. The monoisotopic (exact) mass is 207 g/mol. The van der Waals surface area contributed by atoms with Crippen molar-refractivity contribution in [1.29, 1.82) is 0 Å². The first-order valence-electron chi connectivity index (χ1n) is 4.55. The molecule has 0 spiro atoms. The van der Waals surface area contributed by atoms with E-state index in [9.17, 15) is 5.11 Å². The molecule has 80 valence electrons. The largest absolute Gasteiger partial charge is 0.390 e. The third kappa shape index (κ3) is 3.25. The number of hydrogen-bond acceptors (Lipinski definition) is 3. The second-order valence-electron chi connectivity index (χ2n) is 3.08. The van der Waals surface area contributed by atoms with E-state index in [-0.39, 0.29) is 6.61 Å².